The van der Waals surface area contributed by atoms with Crippen LogP contribution < -0.4 is 10.2 Å². The maximum Gasteiger partial charge on any atom is 0.241 e. The van der Waals surface area contributed by atoms with E-state index in [1.807, 2.05) is 11.0 Å². The van der Waals surface area contributed by atoms with Crippen LogP contribution in [0.15, 0.2) is 48.5 Å². The number of hydrogen-bond donors (Lipinski definition) is 2. The van der Waals surface area contributed by atoms with Gasteiger partial charge in [-0.25, -0.2) is 0 Å². The molecule has 1 saturated heterocycles. The highest BCUT2D eigenvalue weighted by atomic mass is 16.2. The highest BCUT2D eigenvalue weighted by Gasteiger charge is 2.25. The first-order valence-electron chi connectivity index (χ1n) is 10.2. The fourth-order valence-electron chi connectivity index (χ4n) is 4.43. The third kappa shape index (κ3) is 3.32. The molecule has 28 heavy (non-hydrogen) atoms. The van der Waals surface area contributed by atoms with E-state index in [1.54, 1.807) is 0 Å². The van der Waals surface area contributed by atoms with E-state index < -0.39 is 0 Å². The number of carbonyl (C=O) groups is 1. The number of H-pyrrole nitrogens is 1. The van der Waals surface area contributed by atoms with Gasteiger partial charge >= 0.3 is 0 Å². The molecule has 144 valence electrons. The number of aromatic nitrogens is 1. The summed E-state index contributed by atoms with van der Waals surface area (Å²) in [4.78, 5) is 20.6. The molecule has 3 heterocycles. The fourth-order valence-corrected chi connectivity index (χ4v) is 4.43. The van der Waals surface area contributed by atoms with Gasteiger partial charge in [0.2, 0.25) is 5.91 Å². The summed E-state index contributed by atoms with van der Waals surface area (Å²) in [6.07, 6.45) is 2.03. The van der Waals surface area contributed by atoms with Crippen LogP contribution in [-0.2, 0) is 24.2 Å². The summed E-state index contributed by atoms with van der Waals surface area (Å²) in [6, 6.07) is 16.9. The van der Waals surface area contributed by atoms with E-state index >= 15 is 0 Å². The van der Waals surface area contributed by atoms with Crippen LogP contribution in [0.3, 0.4) is 0 Å². The molecule has 3 aromatic rings. The minimum atomic E-state index is 0.191. The number of aromatic amines is 1. The number of carbonyl (C=O) groups excluding carboxylic acids is 1. The zero-order valence-electron chi connectivity index (χ0n) is 16.1. The van der Waals surface area contributed by atoms with Crippen molar-refractivity contribution in [2.24, 2.45) is 0 Å². The summed E-state index contributed by atoms with van der Waals surface area (Å²) in [5.74, 6) is 0.191. The maximum absolute atomic E-state index is 12.8. The average molecular weight is 374 g/mol. The molecule has 2 aromatic carbocycles. The van der Waals surface area contributed by atoms with Crippen LogP contribution in [0.5, 0.6) is 0 Å². The normalized spacial score (nSPS) is 17.9. The summed E-state index contributed by atoms with van der Waals surface area (Å²) in [6.45, 7) is 5.04. The predicted octanol–water partition coefficient (Wildman–Crippen LogP) is 2.70. The van der Waals surface area contributed by atoms with Crippen molar-refractivity contribution in [2.75, 3.05) is 37.6 Å². The average Bonchev–Trinajstić information content (AvgIpc) is 3.11. The predicted molar refractivity (Wildman–Crippen MR) is 113 cm³/mol. The SMILES string of the molecule is O=C1CN(CCc2ccccc2)CCN1c1ccc2c3c([nH]c2c1)CCNC3. The van der Waals surface area contributed by atoms with Crippen LogP contribution in [-0.4, -0.2) is 48.5 Å². The van der Waals surface area contributed by atoms with Crippen molar-refractivity contribution in [3.8, 4) is 0 Å². The van der Waals surface area contributed by atoms with Crippen LogP contribution in [0.25, 0.3) is 10.9 Å². The molecular formula is C23H26N4O. The number of anilines is 1. The lowest BCUT2D eigenvalue weighted by Crippen LogP contribution is -2.50. The molecule has 1 aromatic heterocycles. The van der Waals surface area contributed by atoms with E-state index in [4.69, 9.17) is 0 Å². The first-order chi connectivity index (χ1) is 13.8. The van der Waals surface area contributed by atoms with Crippen LogP contribution in [0, 0.1) is 0 Å². The van der Waals surface area contributed by atoms with E-state index in [0.29, 0.717) is 6.54 Å². The van der Waals surface area contributed by atoms with Crippen molar-refractivity contribution in [3.05, 3.63) is 65.4 Å². The first-order valence-corrected chi connectivity index (χ1v) is 10.2. The van der Waals surface area contributed by atoms with Crippen LogP contribution in [0.2, 0.25) is 0 Å². The molecule has 2 aliphatic heterocycles. The maximum atomic E-state index is 12.8. The Balaban J connectivity index is 1.28. The third-order valence-corrected chi connectivity index (χ3v) is 6.00. The molecular weight excluding hydrogens is 348 g/mol. The number of benzene rings is 2. The number of piperazine rings is 1. The number of hydrogen-bond acceptors (Lipinski definition) is 3. The Labute approximate surface area is 165 Å². The molecule has 0 aliphatic carbocycles. The highest BCUT2D eigenvalue weighted by molar-refractivity contribution is 5.98. The molecule has 1 fully saturated rings. The third-order valence-electron chi connectivity index (χ3n) is 6.00. The topological polar surface area (TPSA) is 51.4 Å². The Bertz CT molecular complexity index is 995. The lowest BCUT2D eigenvalue weighted by molar-refractivity contribution is -0.121. The van der Waals surface area contributed by atoms with Gasteiger partial charge in [-0.15, -0.1) is 0 Å². The van der Waals surface area contributed by atoms with Crippen molar-refractivity contribution < 1.29 is 4.79 Å². The van der Waals surface area contributed by atoms with Gasteiger partial charge in [-0.1, -0.05) is 36.4 Å². The molecule has 0 saturated carbocycles. The van der Waals surface area contributed by atoms with Crippen molar-refractivity contribution in [3.63, 3.8) is 0 Å². The second kappa shape index (κ2) is 7.41. The summed E-state index contributed by atoms with van der Waals surface area (Å²) in [5, 5.41) is 4.72. The van der Waals surface area contributed by atoms with E-state index in [2.05, 4.69) is 57.7 Å². The minimum absolute atomic E-state index is 0.191. The van der Waals surface area contributed by atoms with Gasteiger partial charge in [0.1, 0.15) is 0 Å². The zero-order valence-corrected chi connectivity index (χ0v) is 16.1. The molecule has 1 amide bonds. The molecule has 5 rings (SSSR count). The summed E-state index contributed by atoms with van der Waals surface area (Å²) in [5.41, 5.74) is 6.19. The van der Waals surface area contributed by atoms with E-state index in [1.165, 1.54) is 22.2 Å². The number of amides is 1. The molecule has 5 heteroatoms. The quantitative estimate of drug-likeness (QED) is 0.738. The lowest BCUT2D eigenvalue weighted by atomic mass is 10.1. The second-order valence-corrected chi connectivity index (χ2v) is 7.80. The number of rotatable bonds is 4. The fraction of sp³-hybridized carbons (Fsp3) is 0.348. The summed E-state index contributed by atoms with van der Waals surface area (Å²) < 4.78 is 0. The van der Waals surface area contributed by atoms with Crippen molar-refractivity contribution in [1.29, 1.82) is 0 Å². The monoisotopic (exact) mass is 374 g/mol. The summed E-state index contributed by atoms with van der Waals surface area (Å²) in [7, 11) is 0. The zero-order chi connectivity index (χ0) is 18.9. The molecule has 0 spiro atoms. The van der Waals surface area contributed by atoms with Gasteiger partial charge in [-0.05, 0) is 29.7 Å². The molecule has 2 aliphatic rings. The van der Waals surface area contributed by atoms with Gasteiger partial charge < -0.3 is 15.2 Å². The lowest BCUT2D eigenvalue weighted by Gasteiger charge is -2.34. The summed E-state index contributed by atoms with van der Waals surface area (Å²) >= 11 is 0. The van der Waals surface area contributed by atoms with Gasteiger partial charge in [0.15, 0.2) is 0 Å². The molecule has 0 unspecified atom stereocenters. The Kier molecular flexibility index (Phi) is 4.63. The molecule has 0 radical (unpaired) electrons. The number of fused-ring (bicyclic) bond motifs is 3. The van der Waals surface area contributed by atoms with Crippen molar-refractivity contribution in [2.45, 2.75) is 19.4 Å². The molecule has 0 bridgehead atoms. The highest BCUT2D eigenvalue weighted by Crippen LogP contribution is 2.29. The molecule has 0 atom stereocenters. The van der Waals surface area contributed by atoms with Crippen molar-refractivity contribution >= 4 is 22.5 Å². The Morgan fingerprint density at radius 2 is 1.93 bits per heavy atom. The minimum Gasteiger partial charge on any atom is -0.358 e. The van der Waals surface area contributed by atoms with Gasteiger partial charge in [0, 0.05) is 61.4 Å². The van der Waals surface area contributed by atoms with Gasteiger partial charge in [-0.3, -0.25) is 9.69 Å². The Morgan fingerprint density at radius 1 is 1.04 bits per heavy atom. The van der Waals surface area contributed by atoms with E-state index in [-0.39, 0.29) is 5.91 Å². The van der Waals surface area contributed by atoms with Crippen LogP contribution >= 0.6 is 0 Å². The Morgan fingerprint density at radius 3 is 2.79 bits per heavy atom. The largest absolute Gasteiger partial charge is 0.358 e. The standard InChI is InChI=1S/C23H26N4O/c28-23-16-26(11-9-17-4-2-1-3-5-17)12-13-27(23)18-6-7-19-20-15-24-10-8-21(20)25-22(19)14-18/h1-7,14,24-25H,8-13,15-16H2. The number of nitrogens with one attached hydrogen (secondary N) is 2. The van der Waals surface area contributed by atoms with E-state index in [0.717, 1.165) is 56.8 Å². The second-order valence-electron chi connectivity index (χ2n) is 7.80. The van der Waals surface area contributed by atoms with Gasteiger partial charge in [0.25, 0.3) is 0 Å². The van der Waals surface area contributed by atoms with Crippen LogP contribution in [0.1, 0.15) is 16.8 Å². The Hall–Kier alpha value is -2.63. The molecule has 2 N–H and O–H groups in total. The number of nitrogens with zero attached hydrogens (tertiary/aromatic N) is 2. The van der Waals surface area contributed by atoms with Gasteiger partial charge in [-0.2, -0.15) is 0 Å². The first kappa shape index (κ1) is 17.5. The molecule has 5 nitrogen and oxygen atoms in total. The van der Waals surface area contributed by atoms with Gasteiger partial charge in [0.05, 0.1) is 6.54 Å². The smallest absolute Gasteiger partial charge is 0.241 e. The van der Waals surface area contributed by atoms with Crippen LogP contribution in [0.4, 0.5) is 5.69 Å². The van der Waals surface area contributed by atoms with E-state index in [9.17, 15) is 4.79 Å². The van der Waals surface area contributed by atoms with Crippen molar-refractivity contribution in [1.82, 2.24) is 15.2 Å².